The lowest BCUT2D eigenvalue weighted by Gasteiger charge is -1.99. The molecular weight excluding hydrogens is 179 g/mol. The van der Waals surface area contributed by atoms with E-state index >= 15 is 0 Å². The summed E-state index contributed by atoms with van der Waals surface area (Å²) < 4.78 is 0. The molecule has 0 aromatic heterocycles. The second-order valence-electron chi connectivity index (χ2n) is 1.55. The van der Waals surface area contributed by atoms with Crippen LogP contribution in [-0.4, -0.2) is 22.6 Å². The lowest BCUT2D eigenvalue weighted by Crippen LogP contribution is -2.08. The first-order valence-electron chi connectivity index (χ1n) is 2.51. The van der Waals surface area contributed by atoms with Crippen molar-refractivity contribution in [2.75, 3.05) is 12.0 Å². The van der Waals surface area contributed by atoms with Gasteiger partial charge in [0.1, 0.15) is 5.38 Å². The lowest BCUT2D eigenvalue weighted by atomic mass is 10.4. The third kappa shape index (κ3) is 5.07. The molecule has 0 radical (unpaired) electrons. The minimum atomic E-state index is -0.501. The average Bonchev–Trinajstić information content (AvgIpc) is 1.82. The van der Waals surface area contributed by atoms with Crippen LogP contribution in [0.4, 0.5) is 0 Å². The van der Waals surface area contributed by atoms with Crippen LogP contribution in [0.1, 0.15) is 6.42 Å². The molecule has 0 saturated carbocycles. The summed E-state index contributed by atoms with van der Waals surface area (Å²) in [6.45, 7) is 0. The van der Waals surface area contributed by atoms with Gasteiger partial charge >= 0.3 is 0 Å². The normalized spacial score (nSPS) is 13.2. The number of halogens is 2. The van der Waals surface area contributed by atoms with Crippen molar-refractivity contribution >= 4 is 40.2 Å². The van der Waals surface area contributed by atoms with Gasteiger partial charge in [0, 0.05) is 0 Å². The van der Waals surface area contributed by atoms with Gasteiger partial charge in [-0.25, -0.2) is 0 Å². The Morgan fingerprint density at radius 2 is 2.33 bits per heavy atom. The fourth-order valence-electron chi connectivity index (χ4n) is 0.335. The Kier molecular flexibility index (Phi) is 5.75. The molecule has 0 unspecified atom stereocenters. The van der Waals surface area contributed by atoms with Gasteiger partial charge in [-0.1, -0.05) is 0 Å². The Bertz CT molecular complexity index is 97.0. The molecule has 0 saturated heterocycles. The van der Waals surface area contributed by atoms with Gasteiger partial charge in [-0.2, -0.15) is 11.8 Å². The summed E-state index contributed by atoms with van der Waals surface area (Å²) in [5, 5.41) is -0.954. The molecule has 0 bridgehead atoms. The Balaban J connectivity index is 3.27. The summed E-state index contributed by atoms with van der Waals surface area (Å²) >= 11 is 12.2. The van der Waals surface area contributed by atoms with Crippen LogP contribution in [0.2, 0.25) is 0 Å². The SMILES string of the molecule is CSCC[C@H](Cl)C(=O)Cl. The Morgan fingerprint density at radius 1 is 1.78 bits per heavy atom. The Labute approximate surface area is 69.1 Å². The minimum Gasteiger partial charge on any atom is -0.280 e. The van der Waals surface area contributed by atoms with Gasteiger partial charge in [0.05, 0.1) is 0 Å². The maximum Gasteiger partial charge on any atom is 0.239 e. The number of carbonyl (C=O) groups excluding carboxylic acids is 1. The maximum atomic E-state index is 10.3. The molecule has 1 atom stereocenters. The van der Waals surface area contributed by atoms with Crippen molar-refractivity contribution in [1.29, 1.82) is 0 Å². The third-order valence-electron chi connectivity index (χ3n) is 0.822. The van der Waals surface area contributed by atoms with E-state index in [1.54, 1.807) is 11.8 Å². The first-order valence-corrected chi connectivity index (χ1v) is 4.71. The predicted molar refractivity (Wildman–Crippen MR) is 43.5 cm³/mol. The zero-order valence-electron chi connectivity index (χ0n) is 5.06. The second kappa shape index (κ2) is 5.39. The Hall–Kier alpha value is 0.600. The summed E-state index contributed by atoms with van der Waals surface area (Å²) in [6.07, 6.45) is 2.62. The van der Waals surface area contributed by atoms with Gasteiger partial charge in [-0.05, 0) is 30.0 Å². The van der Waals surface area contributed by atoms with Gasteiger partial charge < -0.3 is 0 Å². The van der Waals surface area contributed by atoms with Crippen molar-refractivity contribution in [3.63, 3.8) is 0 Å². The molecule has 4 heteroatoms. The highest BCUT2D eigenvalue weighted by atomic mass is 35.5. The number of carbonyl (C=O) groups is 1. The quantitative estimate of drug-likeness (QED) is 0.495. The Morgan fingerprint density at radius 3 is 2.67 bits per heavy atom. The number of rotatable bonds is 4. The third-order valence-corrected chi connectivity index (χ3v) is 2.26. The van der Waals surface area contributed by atoms with E-state index in [1.807, 2.05) is 6.26 Å². The van der Waals surface area contributed by atoms with E-state index in [4.69, 9.17) is 23.2 Å². The molecule has 9 heavy (non-hydrogen) atoms. The molecule has 0 aromatic carbocycles. The van der Waals surface area contributed by atoms with Crippen molar-refractivity contribution in [2.24, 2.45) is 0 Å². The summed E-state index contributed by atoms with van der Waals surface area (Å²) in [4.78, 5) is 10.3. The van der Waals surface area contributed by atoms with E-state index in [0.717, 1.165) is 5.75 Å². The first-order chi connectivity index (χ1) is 4.18. The molecule has 0 amide bonds. The van der Waals surface area contributed by atoms with Crippen LogP contribution < -0.4 is 0 Å². The molecular formula is C5H8Cl2OS. The van der Waals surface area contributed by atoms with E-state index in [1.165, 1.54) is 0 Å². The van der Waals surface area contributed by atoms with Gasteiger partial charge in [-0.3, -0.25) is 4.79 Å². The lowest BCUT2D eigenvalue weighted by molar-refractivity contribution is -0.111. The fourth-order valence-corrected chi connectivity index (χ4v) is 1.15. The van der Waals surface area contributed by atoms with Crippen LogP contribution in [0.15, 0.2) is 0 Å². The molecule has 0 N–H and O–H groups in total. The highest BCUT2D eigenvalue weighted by Gasteiger charge is 2.10. The van der Waals surface area contributed by atoms with Crippen LogP contribution in [0.3, 0.4) is 0 Å². The van der Waals surface area contributed by atoms with E-state index in [0.29, 0.717) is 6.42 Å². The van der Waals surface area contributed by atoms with Gasteiger partial charge in [-0.15, -0.1) is 11.6 Å². The molecule has 0 aliphatic carbocycles. The topological polar surface area (TPSA) is 17.1 Å². The van der Waals surface area contributed by atoms with Gasteiger partial charge in [0.15, 0.2) is 0 Å². The summed E-state index contributed by atoms with van der Waals surface area (Å²) in [7, 11) is 0. The number of alkyl halides is 1. The van der Waals surface area contributed by atoms with Crippen molar-refractivity contribution in [3.8, 4) is 0 Å². The van der Waals surface area contributed by atoms with Crippen molar-refractivity contribution in [3.05, 3.63) is 0 Å². The highest BCUT2D eigenvalue weighted by molar-refractivity contribution is 7.98. The smallest absolute Gasteiger partial charge is 0.239 e. The van der Waals surface area contributed by atoms with Crippen molar-refractivity contribution in [1.82, 2.24) is 0 Å². The maximum absolute atomic E-state index is 10.3. The zero-order chi connectivity index (χ0) is 7.28. The van der Waals surface area contributed by atoms with Crippen molar-refractivity contribution in [2.45, 2.75) is 11.8 Å². The fraction of sp³-hybridized carbons (Fsp3) is 0.800. The molecule has 0 aromatic rings. The average molecular weight is 187 g/mol. The van der Waals surface area contributed by atoms with Crippen molar-refractivity contribution < 1.29 is 4.79 Å². The van der Waals surface area contributed by atoms with Crippen LogP contribution >= 0.6 is 35.0 Å². The molecule has 0 aliphatic rings. The predicted octanol–water partition coefficient (Wildman–Crippen LogP) is 2.11. The zero-order valence-corrected chi connectivity index (χ0v) is 7.39. The number of thioether (sulfide) groups is 1. The molecule has 0 aliphatic heterocycles. The summed E-state index contributed by atoms with van der Waals surface area (Å²) in [5.41, 5.74) is 0. The number of hydrogen-bond donors (Lipinski definition) is 0. The standard InChI is InChI=1S/C5H8Cl2OS/c1-9-3-2-4(6)5(7)8/h4H,2-3H2,1H3/t4-/m0/s1. The molecule has 0 rings (SSSR count). The number of hydrogen-bond acceptors (Lipinski definition) is 2. The molecule has 54 valence electrons. The minimum absolute atomic E-state index is 0.453. The summed E-state index contributed by atoms with van der Waals surface area (Å²) in [6, 6.07) is 0. The van der Waals surface area contributed by atoms with Crippen LogP contribution in [0, 0.1) is 0 Å². The van der Waals surface area contributed by atoms with Gasteiger partial charge in [0.25, 0.3) is 0 Å². The van der Waals surface area contributed by atoms with E-state index < -0.39 is 10.6 Å². The van der Waals surface area contributed by atoms with Crippen LogP contribution in [0.5, 0.6) is 0 Å². The van der Waals surface area contributed by atoms with E-state index in [9.17, 15) is 4.79 Å². The molecule has 1 nitrogen and oxygen atoms in total. The largest absolute Gasteiger partial charge is 0.280 e. The first kappa shape index (κ1) is 9.60. The highest BCUT2D eigenvalue weighted by Crippen LogP contribution is 2.09. The monoisotopic (exact) mass is 186 g/mol. The van der Waals surface area contributed by atoms with E-state index in [-0.39, 0.29) is 0 Å². The molecule has 0 fully saturated rings. The van der Waals surface area contributed by atoms with Crippen LogP contribution in [0.25, 0.3) is 0 Å². The molecule has 0 heterocycles. The second-order valence-corrected chi connectivity index (χ2v) is 3.44. The molecule has 0 spiro atoms. The van der Waals surface area contributed by atoms with Crippen LogP contribution in [-0.2, 0) is 4.79 Å². The van der Waals surface area contributed by atoms with Gasteiger partial charge in [0.2, 0.25) is 5.24 Å². The van der Waals surface area contributed by atoms with E-state index in [2.05, 4.69) is 0 Å². The summed E-state index contributed by atoms with van der Waals surface area (Å²) in [5.74, 6) is 0.882.